The highest BCUT2D eigenvalue weighted by atomic mass is 35.5. The fraction of sp³-hybridized carbons (Fsp3) is 0.188. The summed E-state index contributed by atoms with van der Waals surface area (Å²) < 4.78 is 0. The van der Waals surface area contributed by atoms with Crippen molar-refractivity contribution in [3.05, 3.63) is 40.9 Å². The molecule has 5 heteroatoms. The van der Waals surface area contributed by atoms with E-state index in [0.717, 1.165) is 33.6 Å². The van der Waals surface area contributed by atoms with E-state index in [1.54, 1.807) is 0 Å². The fourth-order valence-electron chi connectivity index (χ4n) is 2.65. The molecule has 0 bridgehead atoms. The zero-order valence-electron chi connectivity index (χ0n) is 11.8. The van der Waals surface area contributed by atoms with Gasteiger partial charge in [-0.1, -0.05) is 11.6 Å². The second kappa shape index (κ2) is 5.66. The van der Waals surface area contributed by atoms with Gasteiger partial charge in [0, 0.05) is 46.1 Å². The largest absolute Gasteiger partial charge is 0.390 e. The molecule has 0 aliphatic carbocycles. The number of aliphatic imine (C=N–C) groups is 1. The van der Waals surface area contributed by atoms with Gasteiger partial charge in [-0.25, -0.2) is 0 Å². The minimum atomic E-state index is 0.675. The van der Waals surface area contributed by atoms with Crippen LogP contribution in [0.15, 0.2) is 35.3 Å². The summed E-state index contributed by atoms with van der Waals surface area (Å²) in [5, 5.41) is 6.26. The average Bonchev–Trinajstić information content (AvgIpc) is 2.85. The fourth-order valence-corrected chi connectivity index (χ4v) is 2.82. The zero-order chi connectivity index (χ0) is 14.8. The van der Waals surface area contributed by atoms with Gasteiger partial charge in [0.1, 0.15) is 0 Å². The van der Waals surface area contributed by atoms with Gasteiger partial charge in [-0.05, 0) is 42.3 Å². The number of H-pyrrole nitrogens is 1. The Morgan fingerprint density at radius 3 is 2.90 bits per heavy atom. The van der Waals surface area contributed by atoms with Crippen LogP contribution in [0.1, 0.15) is 5.56 Å². The molecule has 2 aromatic carbocycles. The molecular formula is C16H17ClN4. The molecule has 0 saturated heterocycles. The van der Waals surface area contributed by atoms with Crippen LogP contribution in [0.5, 0.6) is 0 Å². The van der Waals surface area contributed by atoms with Crippen LogP contribution in [0, 0.1) is 0 Å². The molecule has 0 amide bonds. The van der Waals surface area contributed by atoms with Crippen molar-refractivity contribution in [2.24, 2.45) is 10.7 Å². The lowest BCUT2D eigenvalue weighted by Gasteiger charge is -2.06. The third kappa shape index (κ3) is 2.54. The number of anilines is 1. The number of benzene rings is 2. The lowest BCUT2D eigenvalue weighted by atomic mass is 10.1. The van der Waals surface area contributed by atoms with E-state index in [0.29, 0.717) is 6.54 Å². The molecule has 0 unspecified atom stereocenters. The first-order valence-electron chi connectivity index (χ1n) is 6.84. The summed E-state index contributed by atoms with van der Waals surface area (Å²) in [5.74, 6) is 0. The molecule has 0 radical (unpaired) electrons. The van der Waals surface area contributed by atoms with E-state index in [9.17, 15) is 0 Å². The number of hydrogen-bond acceptors (Lipinski definition) is 2. The van der Waals surface area contributed by atoms with Crippen molar-refractivity contribution < 1.29 is 0 Å². The predicted octanol–water partition coefficient (Wildman–Crippen LogP) is 3.55. The molecule has 0 saturated carbocycles. The minimum Gasteiger partial charge on any atom is -0.390 e. The lowest BCUT2D eigenvalue weighted by Crippen LogP contribution is -1.97. The SMILES string of the molecule is CNc1cc(CCN=CN)c2[nH]c3ccc(Cl)cc3c2c1. The first kappa shape index (κ1) is 13.8. The van der Waals surface area contributed by atoms with E-state index in [1.165, 1.54) is 17.3 Å². The normalized spacial score (nSPS) is 11.7. The second-order valence-electron chi connectivity index (χ2n) is 4.93. The molecule has 3 rings (SSSR count). The van der Waals surface area contributed by atoms with Gasteiger partial charge >= 0.3 is 0 Å². The maximum atomic E-state index is 6.13. The Balaban J connectivity index is 2.23. The summed E-state index contributed by atoms with van der Waals surface area (Å²) in [5.41, 5.74) is 9.84. The van der Waals surface area contributed by atoms with Crippen LogP contribution in [0.2, 0.25) is 5.02 Å². The summed E-state index contributed by atoms with van der Waals surface area (Å²) in [7, 11) is 1.92. The number of nitrogens with zero attached hydrogens (tertiary/aromatic N) is 1. The maximum Gasteiger partial charge on any atom is 0.0797 e. The topological polar surface area (TPSA) is 66.2 Å². The molecule has 1 aromatic heterocycles. The number of fused-ring (bicyclic) bond motifs is 3. The Labute approximate surface area is 128 Å². The summed E-state index contributed by atoms with van der Waals surface area (Å²) in [4.78, 5) is 7.58. The van der Waals surface area contributed by atoms with Crippen molar-refractivity contribution in [3.8, 4) is 0 Å². The maximum absolute atomic E-state index is 6.13. The third-order valence-electron chi connectivity index (χ3n) is 3.66. The van der Waals surface area contributed by atoms with E-state index in [1.807, 2.05) is 25.2 Å². The van der Waals surface area contributed by atoms with Crippen molar-refractivity contribution in [1.29, 1.82) is 0 Å². The van der Waals surface area contributed by atoms with E-state index in [2.05, 4.69) is 27.4 Å². The molecule has 0 aliphatic rings. The van der Waals surface area contributed by atoms with Gasteiger partial charge in [0.25, 0.3) is 0 Å². The van der Waals surface area contributed by atoms with Crippen LogP contribution in [0.4, 0.5) is 5.69 Å². The van der Waals surface area contributed by atoms with E-state index >= 15 is 0 Å². The van der Waals surface area contributed by atoms with Gasteiger partial charge in [0.15, 0.2) is 0 Å². The Bertz CT molecular complexity index is 820. The van der Waals surface area contributed by atoms with Crippen molar-refractivity contribution in [1.82, 2.24) is 4.98 Å². The van der Waals surface area contributed by atoms with E-state index in [-0.39, 0.29) is 0 Å². The van der Waals surface area contributed by atoms with Crippen LogP contribution in [0.3, 0.4) is 0 Å². The first-order valence-corrected chi connectivity index (χ1v) is 7.22. The van der Waals surface area contributed by atoms with Crippen molar-refractivity contribution in [2.45, 2.75) is 6.42 Å². The molecular weight excluding hydrogens is 284 g/mol. The molecule has 0 atom stereocenters. The van der Waals surface area contributed by atoms with Crippen molar-refractivity contribution in [3.63, 3.8) is 0 Å². The number of aromatic nitrogens is 1. The minimum absolute atomic E-state index is 0.675. The number of aromatic amines is 1. The molecule has 108 valence electrons. The van der Waals surface area contributed by atoms with Crippen molar-refractivity contribution in [2.75, 3.05) is 18.9 Å². The average molecular weight is 301 g/mol. The third-order valence-corrected chi connectivity index (χ3v) is 3.89. The van der Waals surface area contributed by atoms with Gasteiger partial charge in [0.2, 0.25) is 0 Å². The zero-order valence-corrected chi connectivity index (χ0v) is 12.5. The number of hydrogen-bond donors (Lipinski definition) is 3. The Kier molecular flexibility index (Phi) is 3.71. The van der Waals surface area contributed by atoms with E-state index < -0.39 is 0 Å². The summed E-state index contributed by atoms with van der Waals surface area (Å²) in [6.07, 6.45) is 2.18. The molecule has 1 heterocycles. The monoisotopic (exact) mass is 300 g/mol. The quantitative estimate of drug-likeness (QED) is 0.509. The molecule has 0 aliphatic heterocycles. The highest BCUT2D eigenvalue weighted by Gasteiger charge is 2.10. The van der Waals surface area contributed by atoms with Crippen LogP contribution < -0.4 is 11.1 Å². The number of nitrogens with two attached hydrogens (primary N) is 1. The highest BCUT2D eigenvalue weighted by molar-refractivity contribution is 6.31. The second-order valence-corrected chi connectivity index (χ2v) is 5.36. The van der Waals surface area contributed by atoms with Gasteiger partial charge in [-0.15, -0.1) is 0 Å². The lowest BCUT2D eigenvalue weighted by molar-refractivity contribution is 0.977. The summed E-state index contributed by atoms with van der Waals surface area (Å²) in [6, 6.07) is 10.2. The number of nitrogens with one attached hydrogen (secondary N) is 2. The molecule has 21 heavy (non-hydrogen) atoms. The van der Waals surface area contributed by atoms with Crippen LogP contribution >= 0.6 is 11.6 Å². The highest BCUT2D eigenvalue weighted by Crippen LogP contribution is 2.32. The van der Waals surface area contributed by atoms with Gasteiger partial charge in [-0.3, -0.25) is 4.99 Å². The summed E-state index contributed by atoms with van der Waals surface area (Å²) >= 11 is 6.13. The smallest absolute Gasteiger partial charge is 0.0797 e. The molecule has 3 aromatic rings. The Morgan fingerprint density at radius 2 is 2.14 bits per heavy atom. The molecule has 0 spiro atoms. The molecule has 4 N–H and O–H groups in total. The van der Waals surface area contributed by atoms with Crippen LogP contribution in [-0.4, -0.2) is 24.9 Å². The Morgan fingerprint density at radius 1 is 1.29 bits per heavy atom. The summed E-state index contributed by atoms with van der Waals surface area (Å²) in [6.45, 7) is 0.675. The number of halogens is 1. The Hall–Kier alpha value is -2.20. The first-order chi connectivity index (χ1) is 10.2. The standard InChI is InChI=1S/C16H17ClN4/c1-19-12-6-10(4-5-20-9-18)16-14(8-12)13-7-11(17)2-3-15(13)21-16/h2-3,6-9,19,21H,4-5H2,1H3,(H2,18,20). The molecule has 0 fully saturated rings. The predicted molar refractivity (Wildman–Crippen MR) is 91.6 cm³/mol. The van der Waals surface area contributed by atoms with Gasteiger partial charge in [-0.2, -0.15) is 0 Å². The van der Waals surface area contributed by atoms with Crippen LogP contribution in [0.25, 0.3) is 21.8 Å². The molecule has 4 nitrogen and oxygen atoms in total. The van der Waals surface area contributed by atoms with Gasteiger partial charge in [0.05, 0.1) is 6.34 Å². The van der Waals surface area contributed by atoms with Gasteiger partial charge < -0.3 is 16.0 Å². The van der Waals surface area contributed by atoms with Crippen molar-refractivity contribution >= 4 is 45.4 Å². The van der Waals surface area contributed by atoms with Crippen LogP contribution in [-0.2, 0) is 6.42 Å². The van der Waals surface area contributed by atoms with E-state index in [4.69, 9.17) is 17.3 Å². The number of rotatable bonds is 4.